The molecule has 8 heteroatoms. The molecule has 0 spiro atoms. The zero-order valence-electron chi connectivity index (χ0n) is 17.7. The number of nitrogens with zero attached hydrogens (tertiary/aromatic N) is 3. The summed E-state index contributed by atoms with van der Waals surface area (Å²) in [7, 11) is 0. The zero-order chi connectivity index (χ0) is 21.7. The fourth-order valence-electron chi connectivity index (χ4n) is 3.78. The van der Waals surface area contributed by atoms with Crippen molar-refractivity contribution in [1.29, 1.82) is 0 Å². The topological polar surface area (TPSA) is 91.4 Å². The van der Waals surface area contributed by atoms with Crippen molar-refractivity contribution in [3.63, 3.8) is 0 Å². The molecule has 31 heavy (non-hydrogen) atoms. The number of aryl methyl sites for hydroxylation is 2. The van der Waals surface area contributed by atoms with Crippen molar-refractivity contribution in [2.24, 2.45) is 0 Å². The van der Waals surface area contributed by atoms with E-state index in [-0.39, 0.29) is 18.7 Å². The number of hydrogen-bond acceptors (Lipinski definition) is 6. The molecule has 1 N–H and O–H groups in total. The van der Waals surface area contributed by atoms with Crippen LogP contribution in [-0.2, 0) is 0 Å². The maximum absolute atomic E-state index is 13.3. The molecule has 0 radical (unpaired) electrons. The Bertz CT molecular complexity index is 1320. The van der Waals surface area contributed by atoms with Gasteiger partial charge in [0.25, 0.3) is 5.91 Å². The van der Waals surface area contributed by atoms with E-state index in [0.717, 1.165) is 17.1 Å². The van der Waals surface area contributed by atoms with Gasteiger partial charge in [0.05, 0.1) is 22.8 Å². The first kappa shape index (κ1) is 19.2. The van der Waals surface area contributed by atoms with Gasteiger partial charge in [-0.2, -0.15) is 5.10 Å². The van der Waals surface area contributed by atoms with E-state index in [4.69, 9.17) is 18.9 Å². The summed E-state index contributed by atoms with van der Waals surface area (Å²) < 4.78 is 18.3. The smallest absolute Gasteiger partial charge is 0.256 e. The van der Waals surface area contributed by atoms with Crippen molar-refractivity contribution in [3.05, 3.63) is 53.6 Å². The summed E-state index contributed by atoms with van der Waals surface area (Å²) in [5.41, 5.74) is 3.28. The molecule has 1 aromatic carbocycles. The lowest BCUT2D eigenvalue weighted by Gasteiger charge is -2.11. The van der Waals surface area contributed by atoms with Crippen LogP contribution in [0.3, 0.4) is 0 Å². The third kappa shape index (κ3) is 3.30. The lowest BCUT2D eigenvalue weighted by molar-refractivity contribution is 0.102. The van der Waals surface area contributed by atoms with Crippen LogP contribution in [0.5, 0.6) is 11.5 Å². The minimum absolute atomic E-state index is 0.0946. The highest BCUT2D eigenvalue weighted by Crippen LogP contribution is 2.35. The highest BCUT2D eigenvalue weighted by atomic mass is 16.7. The number of fused-ring (bicyclic) bond motifs is 2. The number of anilines is 1. The van der Waals surface area contributed by atoms with Gasteiger partial charge in [0, 0.05) is 23.4 Å². The second-order valence-electron chi connectivity index (χ2n) is 7.82. The van der Waals surface area contributed by atoms with E-state index < -0.39 is 0 Å². The van der Waals surface area contributed by atoms with Gasteiger partial charge in [-0.1, -0.05) is 0 Å². The molecule has 5 rings (SSSR count). The molecule has 0 aliphatic carbocycles. The average molecular weight is 418 g/mol. The quantitative estimate of drug-likeness (QED) is 0.508. The van der Waals surface area contributed by atoms with Gasteiger partial charge in [-0.25, -0.2) is 9.67 Å². The Morgan fingerprint density at radius 3 is 2.68 bits per heavy atom. The Labute approximate surface area is 178 Å². The van der Waals surface area contributed by atoms with E-state index in [1.807, 2.05) is 38.4 Å². The van der Waals surface area contributed by atoms with Crippen LogP contribution in [0.2, 0.25) is 0 Å². The van der Waals surface area contributed by atoms with Crippen LogP contribution in [0.1, 0.15) is 41.8 Å². The third-order valence-corrected chi connectivity index (χ3v) is 5.25. The maximum Gasteiger partial charge on any atom is 0.256 e. The van der Waals surface area contributed by atoms with Gasteiger partial charge in [-0.15, -0.1) is 0 Å². The molecule has 0 unspecified atom stereocenters. The highest BCUT2D eigenvalue weighted by molar-refractivity contribution is 6.12. The second-order valence-corrected chi connectivity index (χ2v) is 7.82. The van der Waals surface area contributed by atoms with Crippen molar-refractivity contribution in [1.82, 2.24) is 14.8 Å². The molecule has 1 aliphatic heterocycles. The lowest BCUT2D eigenvalue weighted by atomic mass is 10.1. The van der Waals surface area contributed by atoms with Crippen LogP contribution < -0.4 is 14.8 Å². The summed E-state index contributed by atoms with van der Waals surface area (Å²) in [6.45, 7) is 8.01. The van der Waals surface area contributed by atoms with Crippen LogP contribution in [0, 0.1) is 13.8 Å². The van der Waals surface area contributed by atoms with Crippen LogP contribution in [0.15, 0.2) is 40.9 Å². The van der Waals surface area contributed by atoms with E-state index >= 15 is 0 Å². The molecule has 3 aromatic heterocycles. The predicted octanol–water partition coefficient (Wildman–Crippen LogP) is 4.87. The molecule has 1 amide bonds. The fraction of sp³-hybridized carbons (Fsp3) is 0.261. The number of hydrogen-bond donors (Lipinski definition) is 1. The van der Waals surface area contributed by atoms with Crippen LogP contribution in [0.4, 0.5) is 5.69 Å². The summed E-state index contributed by atoms with van der Waals surface area (Å²) >= 11 is 0. The largest absolute Gasteiger partial charge is 0.466 e. The van der Waals surface area contributed by atoms with E-state index in [1.165, 1.54) is 0 Å². The summed E-state index contributed by atoms with van der Waals surface area (Å²) in [6.07, 6.45) is 1.69. The van der Waals surface area contributed by atoms with Gasteiger partial charge < -0.3 is 19.2 Å². The van der Waals surface area contributed by atoms with Crippen LogP contribution >= 0.6 is 0 Å². The number of nitrogens with one attached hydrogen (secondary N) is 1. The SMILES string of the molecule is Cc1cc(-c2cc(C(=O)Nc3ccc4c(c3)OCO4)c3cnn(C(C)C)c3n2)c(C)o1. The van der Waals surface area contributed by atoms with Crippen LogP contribution in [0.25, 0.3) is 22.3 Å². The normalized spacial score (nSPS) is 12.7. The van der Waals surface area contributed by atoms with Gasteiger partial charge in [-0.05, 0) is 52.0 Å². The first-order valence-corrected chi connectivity index (χ1v) is 10.1. The van der Waals surface area contributed by atoms with E-state index in [2.05, 4.69) is 10.4 Å². The number of carbonyl (C=O) groups excluding carboxylic acids is 1. The number of ether oxygens (including phenoxy) is 2. The van der Waals surface area contributed by atoms with E-state index in [9.17, 15) is 4.79 Å². The van der Waals surface area contributed by atoms with Gasteiger partial charge >= 0.3 is 0 Å². The van der Waals surface area contributed by atoms with Gasteiger partial charge in [0.2, 0.25) is 6.79 Å². The molecule has 0 bridgehead atoms. The van der Waals surface area contributed by atoms with E-state index in [0.29, 0.717) is 39.5 Å². The molecular weight excluding hydrogens is 396 g/mol. The number of pyridine rings is 1. The molecule has 0 fully saturated rings. The molecular formula is C23H22N4O4. The number of furan rings is 1. The number of rotatable bonds is 4. The predicted molar refractivity (Wildman–Crippen MR) is 116 cm³/mol. The van der Waals surface area contributed by atoms with Crippen molar-refractivity contribution in [2.45, 2.75) is 33.7 Å². The number of aromatic nitrogens is 3. The van der Waals surface area contributed by atoms with Crippen molar-refractivity contribution < 1.29 is 18.7 Å². The molecule has 158 valence electrons. The molecule has 4 heterocycles. The molecule has 0 saturated heterocycles. The summed E-state index contributed by atoms with van der Waals surface area (Å²) in [4.78, 5) is 18.1. The molecule has 8 nitrogen and oxygen atoms in total. The van der Waals surface area contributed by atoms with Gasteiger partial charge in [0.1, 0.15) is 11.5 Å². The van der Waals surface area contributed by atoms with Crippen molar-refractivity contribution in [3.8, 4) is 22.8 Å². The molecule has 4 aromatic rings. The number of amides is 1. The lowest BCUT2D eigenvalue weighted by Crippen LogP contribution is -2.13. The number of carbonyl (C=O) groups is 1. The summed E-state index contributed by atoms with van der Waals surface area (Å²) in [6, 6.07) is 9.12. The minimum atomic E-state index is -0.256. The third-order valence-electron chi connectivity index (χ3n) is 5.25. The Balaban J connectivity index is 1.61. The van der Waals surface area contributed by atoms with Gasteiger partial charge in [-0.3, -0.25) is 4.79 Å². The summed E-state index contributed by atoms with van der Waals surface area (Å²) in [5, 5.41) is 8.11. The van der Waals surface area contributed by atoms with E-state index in [1.54, 1.807) is 30.5 Å². The van der Waals surface area contributed by atoms with Gasteiger partial charge in [0.15, 0.2) is 17.1 Å². The van der Waals surface area contributed by atoms with Crippen molar-refractivity contribution >= 4 is 22.6 Å². The first-order chi connectivity index (χ1) is 14.9. The second kappa shape index (κ2) is 7.16. The Kier molecular flexibility index (Phi) is 4.43. The van der Waals surface area contributed by atoms with Crippen LogP contribution in [-0.4, -0.2) is 27.5 Å². The maximum atomic E-state index is 13.3. The molecule has 0 atom stereocenters. The fourth-order valence-corrected chi connectivity index (χ4v) is 3.78. The zero-order valence-corrected chi connectivity index (χ0v) is 17.7. The average Bonchev–Trinajstić information content (AvgIpc) is 3.44. The van der Waals surface area contributed by atoms with Crippen molar-refractivity contribution in [2.75, 3.05) is 12.1 Å². The highest BCUT2D eigenvalue weighted by Gasteiger charge is 2.21. The monoisotopic (exact) mass is 418 g/mol. The Morgan fingerprint density at radius 1 is 1.13 bits per heavy atom. The Hall–Kier alpha value is -3.81. The first-order valence-electron chi connectivity index (χ1n) is 10.1. The minimum Gasteiger partial charge on any atom is -0.466 e. The molecule has 0 saturated carbocycles. The number of benzene rings is 1. The Morgan fingerprint density at radius 2 is 1.94 bits per heavy atom. The standard InChI is InChI=1S/C23H22N4O4/c1-12(2)27-22-18(10-24-27)17(9-19(26-22)16-7-13(3)31-14(16)4)23(28)25-15-5-6-20-21(8-15)30-11-29-20/h5-10,12H,11H2,1-4H3,(H,25,28). The summed E-state index contributed by atoms with van der Waals surface area (Å²) in [5.74, 6) is 2.56. The molecule has 1 aliphatic rings.